The average Bonchev–Trinajstić information content (AvgIpc) is 2.31. The molecule has 0 aliphatic heterocycles. The highest BCUT2D eigenvalue weighted by atomic mass is 35.5. The fraction of sp³-hybridized carbons (Fsp3) is 0.647. The van der Waals surface area contributed by atoms with Crippen molar-refractivity contribution in [3.8, 4) is 0 Å². The first-order valence-corrected chi connectivity index (χ1v) is 7.65. The molecule has 0 aromatic heterocycles. The average molecular weight is 300 g/mol. The van der Waals surface area contributed by atoms with Crippen molar-refractivity contribution in [1.29, 1.82) is 0 Å². The Bertz CT molecular complexity index is 449. The normalized spacial score (nSPS) is 13.8. The van der Waals surface area contributed by atoms with Crippen LogP contribution in [0.2, 0.25) is 5.02 Å². The first-order valence-electron chi connectivity index (χ1n) is 7.27. The Morgan fingerprint density at radius 1 is 1.25 bits per heavy atom. The van der Waals surface area contributed by atoms with Gasteiger partial charge < -0.3 is 4.90 Å². The molecular formula is C17H27ClFN. The van der Waals surface area contributed by atoms with E-state index in [0.29, 0.717) is 11.6 Å². The van der Waals surface area contributed by atoms with Gasteiger partial charge in [-0.3, -0.25) is 0 Å². The van der Waals surface area contributed by atoms with Gasteiger partial charge in [0.2, 0.25) is 0 Å². The van der Waals surface area contributed by atoms with Crippen LogP contribution >= 0.6 is 11.6 Å². The van der Waals surface area contributed by atoms with Gasteiger partial charge in [-0.2, -0.15) is 0 Å². The number of hydrogen-bond donors (Lipinski definition) is 0. The Morgan fingerprint density at radius 2 is 1.85 bits per heavy atom. The Hall–Kier alpha value is -0.600. The Labute approximate surface area is 128 Å². The van der Waals surface area contributed by atoms with Crippen molar-refractivity contribution >= 4 is 11.6 Å². The van der Waals surface area contributed by atoms with Crippen LogP contribution in [0, 0.1) is 5.82 Å². The predicted molar refractivity (Wildman–Crippen MR) is 86.2 cm³/mol. The third kappa shape index (κ3) is 4.75. The minimum absolute atomic E-state index is 0.222. The molecule has 0 fully saturated rings. The largest absolute Gasteiger partial charge is 0.307 e. The van der Waals surface area contributed by atoms with Crippen LogP contribution in [0.1, 0.15) is 51.7 Å². The molecule has 114 valence electrons. The first-order chi connectivity index (χ1) is 9.12. The summed E-state index contributed by atoms with van der Waals surface area (Å²) in [6, 6.07) is 4.31. The van der Waals surface area contributed by atoms with E-state index in [0.717, 1.165) is 24.8 Å². The van der Waals surface area contributed by atoms with Crippen molar-refractivity contribution < 1.29 is 4.39 Å². The van der Waals surface area contributed by atoms with E-state index in [1.807, 2.05) is 26.8 Å². The fourth-order valence-electron chi connectivity index (χ4n) is 2.20. The molecule has 0 unspecified atom stereocenters. The summed E-state index contributed by atoms with van der Waals surface area (Å²) in [7, 11) is 4.19. The summed E-state index contributed by atoms with van der Waals surface area (Å²) < 4.78 is 14.1. The summed E-state index contributed by atoms with van der Waals surface area (Å²) in [6.07, 6.45) is 3.17. The Morgan fingerprint density at radius 3 is 2.35 bits per heavy atom. The number of rotatable bonds is 5. The molecule has 0 aliphatic carbocycles. The fourth-order valence-corrected chi connectivity index (χ4v) is 2.44. The maximum atomic E-state index is 14.1. The summed E-state index contributed by atoms with van der Waals surface area (Å²) in [5, 5.41) is 0.244. The molecule has 1 aromatic rings. The second-order valence-corrected chi connectivity index (χ2v) is 7.30. The van der Waals surface area contributed by atoms with E-state index in [1.54, 1.807) is 6.07 Å². The van der Waals surface area contributed by atoms with Gasteiger partial charge in [-0.05, 0) is 62.9 Å². The van der Waals surface area contributed by atoms with Crippen molar-refractivity contribution in [2.24, 2.45) is 0 Å². The van der Waals surface area contributed by atoms with Crippen molar-refractivity contribution in [3.63, 3.8) is 0 Å². The lowest BCUT2D eigenvalue weighted by atomic mass is 9.85. The predicted octanol–water partition coefficient (Wildman–Crippen LogP) is 5.05. The smallest absolute Gasteiger partial charge is 0.145 e. The highest BCUT2D eigenvalue weighted by Gasteiger charge is 2.21. The number of benzene rings is 1. The summed E-state index contributed by atoms with van der Waals surface area (Å²) in [5.41, 5.74) is 1.62. The molecule has 3 heteroatoms. The van der Waals surface area contributed by atoms with E-state index in [9.17, 15) is 4.39 Å². The van der Waals surface area contributed by atoms with E-state index < -0.39 is 0 Å². The maximum absolute atomic E-state index is 14.1. The topological polar surface area (TPSA) is 3.24 Å². The van der Waals surface area contributed by atoms with Gasteiger partial charge in [0.1, 0.15) is 5.82 Å². The summed E-state index contributed by atoms with van der Waals surface area (Å²) in [5.74, 6) is -0.274. The summed E-state index contributed by atoms with van der Waals surface area (Å²) in [4.78, 5) is 2.22. The molecule has 1 nitrogen and oxygen atoms in total. The number of nitrogens with zero attached hydrogens (tertiary/aromatic N) is 1. The lowest BCUT2D eigenvalue weighted by molar-refractivity contribution is 0.294. The lowest BCUT2D eigenvalue weighted by Crippen LogP contribution is -2.24. The third-order valence-corrected chi connectivity index (χ3v) is 4.14. The first kappa shape index (κ1) is 17.5. The summed E-state index contributed by atoms with van der Waals surface area (Å²) >= 11 is 6.03. The second-order valence-electron chi connectivity index (χ2n) is 6.89. The highest BCUT2D eigenvalue weighted by Crippen LogP contribution is 2.31. The van der Waals surface area contributed by atoms with Gasteiger partial charge in [0.25, 0.3) is 0 Å². The molecule has 0 amide bonds. The molecule has 1 rings (SSSR count). The van der Waals surface area contributed by atoms with Gasteiger partial charge in [-0.25, -0.2) is 4.39 Å². The van der Waals surface area contributed by atoms with Crippen LogP contribution in [0.3, 0.4) is 0 Å². The van der Waals surface area contributed by atoms with E-state index >= 15 is 0 Å². The molecule has 0 spiro atoms. The molecular weight excluding hydrogens is 273 g/mol. The minimum atomic E-state index is -0.274. The number of halogens is 2. The summed E-state index contributed by atoms with van der Waals surface area (Å²) in [6.45, 7) is 8.26. The van der Waals surface area contributed by atoms with E-state index in [1.165, 1.54) is 0 Å². The SMILES string of the molecule is C[C@@H](CCCc1cc(Cl)c(F)c(C(C)(C)C)c1)N(C)C. The zero-order chi connectivity index (χ0) is 15.5. The quantitative estimate of drug-likeness (QED) is 0.735. The van der Waals surface area contributed by atoms with Crippen LogP contribution in [0.5, 0.6) is 0 Å². The van der Waals surface area contributed by atoms with E-state index in [2.05, 4.69) is 25.9 Å². The van der Waals surface area contributed by atoms with Crippen molar-refractivity contribution in [2.75, 3.05) is 14.1 Å². The maximum Gasteiger partial charge on any atom is 0.145 e. The zero-order valence-corrected chi connectivity index (χ0v) is 14.3. The molecule has 0 radical (unpaired) electrons. The van der Waals surface area contributed by atoms with Gasteiger partial charge in [0.15, 0.2) is 0 Å². The van der Waals surface area contributed by atoms with Gasteiger partial charge in [-0.15, -0.1) is 0 Å². The number of aryl methyl sites for hydroxylation is 1. The van der Waals surface area contributed by atoms with Crippen LogP contribution in [-0.4, -0.2) is 25.0 Å². The molecule has 0 N–H and O–H groups in total. The van der Waals surface area contributed by atoms with E-state index in [-0.39, 0.29) is 16.3 Å². The Balaban J connectivity index is 2.80. The molecule has 1 atom stereocenters. The van der Waals surface area contributed by atoms with Crippen LogP contribution in [0.15, 0.2) is 12.1 Å². The van der Waals surface area contributed by atoms with Crippen LogP contribution in [0.25, 0.3) is 0 Å². The van der Waals surface area contributed by atoms with Gasteiger partial charge in [0.05, 0.1) is 5.02 Å². The monoisotopic (exact) mass is 299 g/mol. The van der Waals surface area contributed by atoms with Crippen LogP contribution in [0.4, 0.5) is 4.39 Å². The van der Waals surface area contributed by atoms with Crippen molar-refractivity contribution in [1.82, 2.24) is 4.90 Å². The molecule has 0 aliphatic rings. The molecule has 20 heavy (non-hydrogen) atoms. The zero-order valence-electron chi connectivity index (χ0n) is 13.6. The minimum Gasteiger partial charge on any atom is -0.307 e. The van der Waals surface area contributed by atoms with Crippen molar-refractivity contribution in [3.05, 3.63) is 34.1 Å². The standard InChI is InChI=1S/C17H27ClFN/c1-12(20(5)6)8-7-9-13-10-14(17(2,3)4)16(19)15(18)11-13/h10-12H,7-9H2,1-6H3/t12-/m0/s1. The lowest BCUT2D eigenvalue weighted by Gasteiger charge is -2.22. The number of hydrogen-bond acceptors (Lipinski definition) is 1. The second kappa shape index (κ2) is 6.91. The van der Waals surface area contributed by atoms with E-state index in [4.69, 9.17) is 11.6 Å². The van der Waals surface area contributed by atoms with Gasteiger partial charge >= 0.3 is 0 Å². The Kier molecular flexibility index (Phi) is 6.03. The van der Waals surface area contributed by atoms with Crippen LogP contribution in [-0.2, 0) is 11.8 Å². The molecule has 0 bridgehead atoms. The van der Waals surface area contributed by atoms with Crippen molar-refractivity contribution in [2.45, 2.75) is 58.4 Å². The van der Waals surface area contributed by atoms with Crippen LogP contribution < -0.4 is 0 Å². The third-order valence-electron chi connectivity index (χ3n) is 3.86. The highest BCUT2D eigenvalue weighted by molar-refractivity contribution is 6.30. The molecule has 0 heterocycles. The van der Waals surface area contributed by atoms with Gasteiger partial charge in [0, 0.05) is 6.04 Å². The van der Waals surface area contributed by atoms with Gasteiger partial charge in [-0.1, -0.05) is 38.4 Å². The molecule has 0 saturated heterocycles. The molecule has 1 aromatic carbocycles. The molecule has 0 saturated carbocycles.